The van der Waals surface area contributed by atoms with Crippen LogP contribution < -0.4 is 10.6 Å². The lowest BCUT2D eigenvalue weighted by molar-refractivity contribution is 0.0940. The zero-order valence-corrected chi connectivity index (χ0v) is 11.2. The van der Waals surface area contributed by atoms with Crippen molar-refractivity contribution >= 4 is 18.3 Å². The number of hydrogen-bond donors (Lipinski definition) is 2. The monoisotopic (exact) mass is 290 g/mol. The highest BCUT2D eigenvalue weighted by Gasteiger charge is 2.16. The number of nitrogens with one attached hydrogen (secondary N) is 2. The van der Waals surface area contributed by atoms with Crippen molar-refractivity contribution in [1.29, 1.82) is 0 Å². The Labute approximate surface area is 117 Å². The maximum absolute atomic E-state index is 13.3. The molecule has 1 aliphatic heterocycles. The minimum atomic E-state index is -0.698. The molecule has 0 spiro atoms. The average Bonchev–Trinajstić information content (AvgIpc) is 2.40. The van der Waals surface area contributed by atoms with Crippen LogP contribution in [0.25, 0.3) is 0 Å². The van der Waals surface area contributed by atoms with E-state index >= 15 is 0 Å². The Bertz CT molecular complexity index is 437. The van der Waals surface area contributed by atoms with Crippen molar-refractivity contribution in [3.8, 4) is 0 Å². The second-order valence-corrected chi connectivity index (χ2v) is 4.55. The summed E-state index contributed by atoms with van der Waals surface area (Å²) in [6.45, 7) is 2.34. The Kier molecular flexibility index (Phi) is 6.18. The van der Waals surface area contributed by atoms with Crippen LogP contribution >= 0.6 is 12.4 Å². The molecule has 6 heteroatoms. The lowest BCUT2D eigenvalue weighted by Gasteiger charge is -2.22. The van der Waals surface area contributed by atoms with Gasteiger partial charge in [0, 0.05) is 6.54 Å². The Hall–Kier alpha value is -1.20. The van der Waals surface area contributed by atoms with Gasteiger partial charge < -0.3 is 10.6 Å². The van der Waals surface area contributed by atoms with Crippen molar-refractivity contribution in [2.24, 2.45) is 5.92 Å². The number of rotatable bonds is 3. The first kappa shape index (κ1) is 15.9. The number of halogens is 3. The van der Waals surface area contributed by atoms with Crippen molar-refractivity contribution in [3.05, 3.63) is 35.4 Å². The Morgan fingerprint density at radius 3 is 2.89 bits per heavy atom. The Morgan fingerprint density at radius 1 is 1.42 bits per heavy atom. The van der Waals surface area contributed by atoms with Crippen LogP contribution in [0.15, 0.2) is 18.2 Å². The molecule has 2 N–H and O–H groups in total. The number of benzene rings is 1. The topological polar surface area (TPSA) is 41.1 Å². The number of carbonyl (C=O) groups is 1. The van der Waals surface area contributed by atoms with Gasteiger partial charge in [-0.3, -0.25) is 4.79 Å². The van der Waals surface area contributed by atoms with Crippen LogP contribution in [-0.2, 0) is 0 Å². The first-order valence-corrected chi connectivity index (χ1v) is 6.11. The molecule has 106 valence electrons. The highest BCUT2D eigenvalue weighted by molar-refractivity contribution is 5.94. The van der Waals surface area contributed by atoms with E-state index in [0.29, 0.717) is 12.5 Å². The van der Waals surface area contributed by atoms with Gasteiger partial charge in [-0.25, -0.2) is 8.78 Å². The van der Waals surface area contributed by atoms with E-state index in [1.807, 2.05) is 0 Å². The van der Waals surface area contributed by atoms with Gasteiger partial charge in [-0.15, -0.1) is 12.4 Å². The van der Waals surface area contributed by atoms with Gasteiger partial charge in [-0.05, 0) is 50.0 Å². The standard InChI is InChI=1S/C13H16F2N2O.ClH/c14-10-3-4-12(15)11(6-10)13(18)17-8-9-2-1-5-16-7-9;/h3-4,6,9,16H,1-2,5,7-8H2,(H,17,18);1H. The van der Waals surface area contributed by atoms with E-state index in [4.69, 9.17) is 0 Å². The van der Waals surface area contributed by atoms with E-state index in [-0.39, 0.29) is 18.0 Å². The molecule has 0 saturated carbocycles. The zero-order chi connectivity index (χ0) is 13.0. The number of carbonyl (C=O) groups excluding carboxylic acids is 1. The van der Waals surface area contributed by atoms with Crippen molar-refractivity contribution in [2.75, 3.05) is 19.6 Å². The van der Waals surface area contributed by atoms with Crippen molar-refractivity contribution in [2.45, 2.75) is 12.8 Å². The van der Waals surface area contributed by atoms with Gasteiger partial charge in [0.25, 0.3) is 5.91 Å². The molecule has 0 aliphatic carbocycles. The molecule has 1 unspecified atom stereocenters. The van der Waals surface area contributed by atoms with Gasteiger partial charge in [0.05, 0.1) is 5.56 Å². The molecule has 1 fully saturated rings. The summed E-state index contributed by atoms with van der Waals surface area (Å²) in [5.74, 6) is -1.51. The second-order valence-electron chi connectivity index (χ2n) is 4.55. The fourth-order valence-electron chi connectivity index (χ4n) is 2.10. The Morgan fingerprint density at radius 2 is 2.21 bits per heavy atom. The van der Waals surface area contributed by atoms with Crippen LogP contribution in [-0.4, -0.2) is 25.5 Å². The lowest BCUT2D eigenvalue weighted by Crippen LogP contribution is -2.38. The minimum Gasteiger partial charge on any atom is -0.352 e. The van der Waals surface area contributed by atoms with Gasteiger partial charge in [0.15, 0.2) is 0 Å². The van der Waals surface area contributed by atoms with Gasteiger partial charge in [0.1, 0.15) is 11.6 Å². The molecule has 1 saturated heterocycles. The van der Waals surface area contributed by atoms with Crippen LogP contribution in [0.4, 0.5) is 8.78 Å². The third kappa shape index (κ3) is 4.44. The molecule has 0 radical (unpaired) electrons. The molecule has 2 rings (SSSR count). The van der Waals surface area contributed by atoms with E-state index in [0.717, 1.165) is 44.1 Å². The highest BCUT2D eigenvalue weighted by Crippen LogP contribution is 2.11. The Balaban J connectivity index is 0.00000180. The molecule has 1 atom stereocenters. The van der Waals surface area contributed by atoms with Gasteiger partial charge in [-0.1, -0.05) is 0 Å². The lowest BCUT2D eigenvalue weighted by atomic mass is 9.99. The highest BCUT2D eigenvalue weighted by atomic mass is 35.5. The number of piperidine rings is 1. The summed E-state index contributed by atoms with van der Waals surface area (Å²) in [4.78, 5) is 11.7. The molecule has 0 bridgehead atoms. The molecule has 3 nitrogen and oxygen atoms in total. The summed E-state index contributed by atoms with van der Waals surface area (Å²) in [7, 11) is 0. The van der Waals surface area contributed by atoms with Gasteiger partial charge in [0.2, 0.25) is 0 Å². The molecule has 19 heavy (non-hydrogen) atoms. The van der Waals surface area contributed by atoms with Gasteiger partial charge >= 0.3 is 0 Å². The summed E-state index contributed by atoms with van der Waals surface area (Å²) in [6.07, 6.45) is 2.12. The van der Waals surface area contributed by atoms with Crippen LogP contribution in [0, 0.1) is 17.6 Å². The van der Waals surface area contributed by atoms with E-state index in [1.54, 1.807) is 0 Å². The predicted octanol–water partition coefficient (Wildman–Crippen LogP) is 2.12. The maximum Gasteiger partial charge on any atom is 0.254 e. The molecule has 0 aromatic heterocycles. The van der Waals surface area contributed by atoms with Crippen molar-refractivity contribution < 1.29 is 13.6 Å². The quantitative estimate of drug-likeness (QED) is 0.895. The van der Waals surface area contributed by atoms with E-state index < -0.39 is 17.5 Å². The summed E-state index contributed by atoms with van der Waals surface area (Å²) in [5.41, 5.74) is -0.237. The summed E-state index contributed by atoms with van der Waals surface area (Å²) in [5, 5.41) is 5.88. The molecule has 1 aliphatic rings. The van der Waals surface area contributed by atoms with Crippen LogP contribution in [0.5, 0.6) is 0 Å². The van der Waals surface area contributed by atoms with E-state index in [1.165, 1.54) is 0 Å². The molecule has 1 heterocycles. The third-order valence-corrected chi connectivity index (χ3v) is 3.12. The first-order valence-electron chi connectivity index (χ1n) is 6.11. The molecule has 1 amide bonds. The van der Waals surface area contributed by atoms with Crippen molar-refractivity contribution in [3.63, 3.8) is 0 Å². The summed E-state index contributed by atoms with van der Waals surface area (Å²) < 4.78 is 26.3. The van der Waals surface area contributed by atoms with E-state index in [9.17, 15) is 13.6 Å². The fourth-order valence-corrected chi connectivity index (χ4v) is 2.10. The molecular formula is C13H17ClF2N2O. The molecular weight excluding hydrogens is 274 g/mol. The average molecular weight is 291 g/mol. The van der Waals surface area contributed by atoms with Crippen molar-refractivity contribution in [1.82, 2.24) is 10.6 Å². The summed E-state index contributed by atoms with van der Waals surface area (Å²) in [6, 6.07) is 2.88. The van der Waals surface area contributed by atoms with Crippen LogP contribution in [0.3, 0.4) is 0 Å². The second kappa shape index (κ2) is 7.40. The smallest absolute Gasteiger partial charge is 0.254 e. The van der Waals surface area contributed by atoms with Crippen LogP contribution in [0.2, 0.25) is 0 Å². The zero-order valence-electron chi connectivity index (χ0n) is 10.4. The summed E-state index contributed by atoms with van der Waals surface area (Å²) >= 11 is 0. The normalized spacial score (nSPS) is 18.5. The third-order valence-electron chi connectivity index (χ3n) is 3.12. The van der Waals surface area contributed by atoms with Gasteiger partial charge in [-0.2, -0.15) is 0 Å². The first-order chi connectivity index (χ1) is 8.66. The number of hydrogen-bond acceptors (Lipinski definition) is 2. The van der Waals surface area contributed by atoms with Crippen LogP contribution in [0.1, 0.15) is 23.2 Å². The molecule has 1 aromatic carbocycles. The number of amides is 1. The predicted molar refractivity (Wildman–Crippen MR) is 71.5 cm³/mol. The fraction of sp³-hybridized carbons (Fsp3) is 0.462. The SMILES string of the molecule is Cl.O=C(NCC1CCCNC1)c1cc(F)ccc1F. The largest absolute Gasteiger partial charge is 0.352 e. The molecule has 1 aromatic rings. The van der Waals surface area contributed by atoms with E-state index in [2.05, 4.69) is 10.6 Å². The maximum atomic E-state index is 13.3. The minimum absolute atomic E-state index is 0.